The second-order valence-corrected chi connectivity index (χ2v) is 12.9. The number of fused-ring (bicyclic) bond motifs is 1. The Kier molecular flexibility index (Phi) is 9.94. The average Bonchev–Trinajstić information content (AvgIpc) is 3.45. The topological polar surface area (TPSA) is 137 Å². The van der Waals surface area contributed by atoms with E-state index in [0.29, 0.717) is 42.5 Å². The van der Waals surface area contributed by atoms with Crippen LogP contribution in [-0.4, -0.2) is 46.5 Å². The number of nitrogens with one attached hydrogen (secondary N) is 3. The number of nitrogens with zero attached hydrogens (tertiary/aromatic N) is 2. The Morgan fingerprint density at radius 2 is 1.81 bits per heavy atom. The smallest absolute Gasteiger partial charge is 0.410 e. The van der Waals surface area contributed by atoms with Crippen LogP contribution in [0.2, 0.25) is 10.0 Å². The van der Waals surface area contributed by atoms with E-state index < -0.39 is 17.3 Å². The van der Waals surface area contributed by atoms with Crippen molar-refractivity contribution in [2.24, 2.45) is 5.92 Å². The molecule has 1 aliphatic heterocycles. The number of carbonyl (C=O) groups excluding carboxylic acids is 3. The summed E-state index contributed by atoms with van der Waals surface area (Å²) in [5.41, 5.74) is 1.03. The number of carbonyl (C=O) groups is 3. The molecule has 0 radical (unpaired) electrons. The van der Waals surface area contributed by atoms with Crippen LogP contribution in [0.1, 0.15) is 55.2 Å². The van der Waals surface area contributed by atoms with Crippen molar-refractivity contribution in [2.75, 3.05) is 18.4 Å². The van der Waals surface area contributed by atoms with Gasteiger partial charge in [-0.15, -0.1) is 0 Å². The molecule has 5 rings (SSSR count). The Labute approximate surface area is 280 Å². The van der Waals surface area contributed by atoms with Gasteiger partial charge in [-0.3, -0.25) is 9.59 Å². The van der Waals surface area contributed by atoms with Crippen LogP contribution in [0.3, 0.4) is 0 Å². The Hall–Kier alpha value is -4.79. The Balaban J connectivity index is 1.20. The van der Waals surface area contributed by atoms with Gasteiger partial charge in [-0.2, -0.15) is 5.26 Å². The molecule has 0 spiro atoms. The molecule has 3 amide bonds. The van der Waals surface area contributed by atoms with E-state index >= 15 is 4.39 Å². The highest BCUT2D eigenvalue weighted by molar-refractivity contribution is 6.32. The van der Waals surface area contributed by atoms with Crippen molar-refractivity contribution in [1.82, 2.24) is 15.2 Å². The van der Waals surface area contributed by atoms with Gasteiger partial charge in [-0.25, -0.2) is 9.18 Å². The lowest BCUT2D eigenvalue weighted by Crippen LogP contribution is -2.43. The van der Waals surface area contributed by atoms with Crippen LogP contribution in [0.25, 0.3) is 10.9 Å². The number of hydrogen-bond acceptors (Lipinski definition) is 6. The highest BCUT2D eigenvalue weighted by Crippen LogP contribution is 2.37. The standard InChI is InChI=1S/C34H32Cl2FN5O5/c1-34(2,3)47-33(45)42-13-11-19(12-14-42)31(43)40-22-8-10-26-21(15-22)16-27(41-26)32(44)39-18-20-7-9-25(36)30(29(20)37)46-28-6-4-5-24(35)23(28)17-38/h4-10,15-16,19,41H,11-14,18H2,1-3H3,(H,39,44)(H,40,43). The first kappa shape index (κ1) is 33.6. The lowest BCUT2D eigenvalue weighted by atomic mass is 9.96. The number of anilines is 1. The molecule has 1 aromatic heterocycles. The van der Waals surface area contributed by atoms with Gasteiger partial charge >= 0.3 is 6.09 Å². The van der Waals surface area contributed by atoms with E-state index in [9.17, 15) is 19.6 Å². The molecule has 13 heteroatoms. The van der Waals surface area contributed by atoms with Crippen LogP contribution in [0.4, 0.5) is 14.9 Å². The highest BCUT2D eigenvalue weighted by Gasteiger charge is 2.30. The summed E-state index contributed by atoms with van der Waals surface area (Å²) in [4.78, 5) is 43.0. The number of ether oxygens (including phenoxy) is 2. The van der Waals surface area contributed by atoms with Gasteiger partial charge in [0.1, 0.15) is 28.7 Å². The van der Waals surface area contributed by atoms with Gasteiger partial charge in [0.15, 0.2) is 11.6 Å². The third kappa shape index (κ3) is 7.96. The number of benzene rings is 3. The monoisotopic (exact) mass is 679 g/mol. The minimum absolute atomic E-state index is 0.0220. The summed E-state index contributed by atoms with van der Waals surface area (Å²) in [5.74, 6) is -1.94. The summed E-state index contributed by atoms with van der Waals surface area (Å²) in [5, 5.41) is 15.8. The summed E-state index contributed by atoms with van der Waals surface area (Å²) < 4.78 is 26.5. The van der Waals surface area contributed by atoms with Crippen molar-refractivity contribution in [2.45, 2.75) is 45.8 Å². The Bertz CT molecular complexity index is 1890. The Morgan fingerprint density at radius 1 is 1.06 bits per heavy atom. The van der Waals surface area contributed by atoms with Crippen LogP contribution in [0.15, 0.2) is 54.6 Å². The second kappa shape index (κ2) is 13.9. The number of rotatable bonds is 7. The van der Waals surface area contributed by atoms with Gasteiger partial charge in [-0.05, 0) is 76.1 Å². The predicted molar refractivity (Wildman–Crippen MR) is 176 cm³/mol. The molecule has 2 heterocycles. The van der Waals surface area contributed by atoms with Crippen molar-refractivity contribution in [3.05, 3.63) is 87.3 Å². The van der Waals surface area contributed by atoms with Crippen LogP contribution < -0.4 is 15.4 Å². The zero-order chi connectivity index (χ0) is 33.9. The zero-order valence-corrected chi connectivity index (χ0v) is 27.4. The number of likely N-dealkylation sites (tertiary alicyclic amines) is 1. The quantitative estimate of drug-likeness (QED) is 0.182. The number of hydrogen-bond donors (Lipinski definition) is 3. The number of halogens is 3. The minimum atomic E-state index is -0.797. The SMILES string of the molecule is CC(C)(C)OC(=O)N1CCC(C(=O)Nc2ccc3[nH]c(C(=O)NCc4ccc(Cl)c(Oc5cccc(Cl)c5C#N)c4F)cc3c2)CC1. The lowest BCUT2D eigenvalue weighted by molar-refractivity contribution is -0.121. The van der Waals surface area contributed by atoms with Crippen LogP contribution in [0.5, 0.6) is 11.5 Å². The van der Waals surface area contributed by atoms with E-state index in [1.165, 1.54) is 24.3 Å². The summed E-state index contributed by atoms with van der Waals surface area (Å²) in [6.45, 7) is 6.12. The molecule has 3 aromatic carbocycles. The lowest BCUT2D eigenvalue weighted by Gasteiger charge is -2.32. The van der Waals surface area contributed by atoms with E-state index in [-0.39, 0.29) is 62.8 Å². The normalized spacial score (nSPS) is 13.6. The summed E-state index contributed by atoms with van der Waals surface area (Å²) >= 11 is 12.3. The van der Waals surface area contributed by atoms with Crippen molar-refractivity contribution in [1.29, 1.82) is 5.26 Å². The predicted octanol–water partition coefficient (Wildman–Crippen LogP) is 7.79. The molecular weight excluding hydrogens is 648 g/mol. The van der Waals surface area contributed by atoms with E-state index in [0.717, 1.165) is 0 Å². The van der Waals surface area contributed by atoms with Gasteiger partial charge in [0.2, 0.25) is 5.91 Å². The van der Waals surface area contributed by atoms with E-state index in [4.69, 9.17) is 32.7 Å². The first-order valence-corrected chi connectivity index (χ1v) is 15.6. The minimum Gasteiger partial charge on any atom is -0.451 e. The molecule has 0 bridgehead atoms. The molecule has 1 aliphatic rings. The molecule has 0 atom stereocenters. The number of amides is 3. The fourth-order valence-electron chi connectivity index (χ4n) is 5.11. The van der Waals surface area contributed by atoms with Gasteiger partial charge in [-0.1, -0.05) is 35.3 Å². The number of H-pyrrole nitrogens is 1. The Morgan fingerprint density at radius 3 is 2.51 bits per heavy atom. The first-order valence-electron chi connectivity index (χ1n) is 14.9. The third-order valence-corrected chi connectivity index (χ3v) is 8.13. The van der Waals surface area contributed by atoms with Crippen molar-refractivity contribution < 1.29 is 28.2 Å². The molecule has 0 unspecified atom stereocenters. The number of piperidine rings is 1. The first-order chi connectivity index (χ1) is 22.3. The second-order valence-electron chi connectivity index (χ2n) is 12.1. The van der Waals surface area contributed by atoms with E-state index in [2.05, 4.69) is 15.6 Å². The molecule has 0 saturated carbocycles. The van der Waals surface area contributed by atoms with Gasteiger partial charge < -0.3 is 30.0 Å². The molecule has 10 nitrogen and oxygen atoms in total. The van der Waals surface area contributed by atoms with Gasteiger partial charge in [0.05, 0.1) is 10.0 Å². The molecule has 47 heavy (non-hydrogen) atoms. The van der Waals surface area contributed by atoms with Crippen LogP contribution in [-0.2, 0) is 16.1 Å². The van der Waals surface area contributed by atoms with Gasteiger partial charge in [0, 0.05) is 47.7 Å². The number of aromatic nitrogens is 1. The summed E-state index contributed by atoms with van der Waals surface area (Å²) in [7, 11) is 0. The highest BCUT2D eigenvalue weighted by atomic mass is 35.5. The fraction of sp³-hybridized carbons (Fsp3) is 0.294. The van der Waals surface area contributed by atoms with Crippen LogP contribution in [0, 0.1) is 23.1 Å². The van der Waals surface area contributed by atoms with E-state index in [1.807, 2.05) is 26.8 Å². The number of aromatic amines is 1. The molecule has 4 aromatic rings. The average molecular weight is 681 g/mol. The fourth-order valence-corrected chi connectivity index (χ4v) is 5.50. The van der Waals surface area contributed by atoms with Gasteiger partial charge in [0.25, 0.3) is 5.91 Å². The molecule has 244 valence electrons. The maximum atomic E-state index is 15.4. The zero-order valence-electron chi connectivity index (χ0n) is 25.9. The molecular formula is C34H32Cl2FN5O5. The van der Waals surface area contributed by atoms with E-state index in [1.54, 1.807) is 35.2 Å². The van der Waals surface area contributed by atoms with Crippen molar-refractivity contribution >= 4 is 57.7 Å². The molecule has 0 aliphatic carbocycles. The molecule has 1 saturated heterocycles. The summed E-state index contributed by atoms with van der Waals surface area (Å²) in [6, 6.07) is 16.2. The summed E-state index contributed by atoms with van der Waals surface area (Å²) in [6.07, 6.45) is 0.658. The maximum Gasteiger partial charge on any atom is 0.410 e. The molecule has 3 N–H and O–H groups in total. The number of nitriles is 1. The largest absolute Gasteiger partial charge is 0.451 e. The van der Waals surface area contributed by atoms with Crippen molar-refractivity contribution in [3.63, 3.8) is 0 Å². The van der Waals surface area contributed by atoms with Crippen molar-refractivity contribution in [3.8, 4) is 17.6 Å². The maximum absolute atomic E-state index is 15.4. The third-order valence-electron chi connectivity index (χ3n) is 7.52. The van der Waals surface area contributed by atoms with Crippen LogP contribution >= 0.6 is 23.2 Å². The molecule has 1 fully saturated rings.